The van der Waals surface area contributed by atoms with Crippen LogP contribution in [-0.2, 0) is 4.79 Å². The lowest BCUT2D eigenvalue weighted by molar-refractivity contribution is -0.133. The molecule has 1 unspecified atom stereocenters. The summed E-state index contributed by atoms with van der Waals surface area (Å²) in [5.41, 5.74) is 0. The van der Waals surface area contributed by atoms with E-state index in [-0.39, 0.29) is 18.0 Å². The molecule has 4 nitrogen and oxygen atoms in total. The summed E-state index contributed by atoms with van der Waals surface area (Å²) in [5, 5.41) is 28.8. The number of aliphatic hydroxyl groups is 2. The molecule has 0 saturated heterocycles. The number of carboxylic acid groups (broad SMARTS) is 1. The van der Waals surface area contributed by atoms with Gasteiger partial charge in [0.2, 0.25) is 0 Å². The lowest BCUT2D eigenvalue weighted by atomic mass is 9.86. The third kappa shape index (κ3) is 9.09. The van der Waals surface area contributed by atoms with Gasteiger partial charge in [-0.15, -0.1) is 0 Å². The molecule has 0 heterocycles. The number of hydrogen-bond acceptors (Lipinski definition) is 4. The van der Waals surface area contributed by atoms with Crippen molar-refractivity contribution >= 4 is 17.7 Å². The Morgan fingerprint density at radius 1 is 1.29 bits per heavy atom. The van der Waals surface area contributed by atoms with Gasteiger partial charge in [-0.2, -0.15) is 11.8 Å². The summed E-state index contributed by atoms with van der Waals surface area (Å²) in [6.07, 6.45) is 12.3. The van der Waals surface area contributed by atoms with Gasteiger partial charge >= 0.3 is 5.97 Å². The Labute approximate surface area is 150 Å². The summed E-state index contributed by atoms with van der Waals surface area (Å²) in [7, 11) is 0. The molecular formula is C19H34O4S. The maximum Gasteiger partial charge on any atom is 0.313 e. The number of rotatable bonds is 13. The number of unbranched alkanes of at least 4 members (excludes halogenated alkanes) is 2. The second-order valence-corrected chi connectivity index (χ2v) is 7.98. The molecule has 0 spiro atoms. The molecule has 0 aliphatic heterocycles. The summed E-state index contributed by atoms with van der Waals surface area (Å²) in [6.45, 7) is 2.13. The van der Waals surface area contributed by atoms with Crippen molar-refractivity contribution < 1.29 is 20.1 Å². The minimum absolute atomic E-state index is 0.179. The highest BCUT2D eigenvalue weighted by Crippen LogP contribution is 2.38. The van der Waals surface area contributed by atoms with Gasteiger partial charge in [0, 0.05) is 0 Å². The van der Waals surface area contributed by atoms with Crippen LogP contribution in [0.25, 0.3) is 0 Å². The lowest BCUT2D eigenvalue weighted by Crippen LogP contribution is -2.20. The van der Waals surface area contributed by atoms with Gasteiger partial charge in [-0.3, -0.25) is 4.79 Å². The summed E-state index contributed by atoms with van der Waals surface area (Å²) >= 11 is 1.47. The molecule has 140 valence electrons. The van der Waals surface area contributed by atoms with E-state index in [1.165, 1.54) is 11.8 Å². The summed E-state index contributed by atoms with van der Waals surface area (Å²) in [5.74, 6) is 1.17. The first-order valence-electron chi connectivity index (χ1n) is 9.36. The highest BCUT2D eigenvalue weighted by molar-refractivity contribution is 7.99. The zero-order chi connectivity index (χ0) is 17.8. The molecule has 5 heteroatoms. The van der Waals surface area contributed by atoms with Gasteiger partial charge in [0.15, 0.2) is 0 Å². The first kappa shape index (κ1) is 21.5. The topological polar surface area (TPSA) is 77.8 Å². The first-order valence-corrected chi connectivity index (χ1v) is 10.5. The van der Waals surface area contributed by atoms with Crippen molar-refractivity contribution in [1.29, 1.82) is 0 Å². The van der Waals surface area contributed by atoms with Crippen molar-refractivity contribution in [3.8, 4) is 0 Å². The fraction of sp³-hybridized carbons (Fsp3) is 0.842. The third-order valence-electron chi connectivity index (χ3n) is 4.88. The average molecular weight is 359 g/mol. The van der Waals surface area contributed by atoms with Crippen LogP contribution in [0.5, 0.6) is 0 Å². The van der Waals surface area contributed by atoms with Gasteiger partial charge in [-0.05, 0) is 62.5 Å². The average Bonchev–Trinajstić information content (AvgIpc) is 2.89. The van der Waals surface area contributed by atoms with Crippen LogP contribution in [0, 0.1) is 11.8 Å². The smallest absolute Gasteiger partial charge is 0.313 e. The Kier molecular flexibility index (Phi) is 11.5. The van der Waals surface area contributed by atoms with Gasteiger partial charge < -0.3 is 15.3 Å². The SMILES string of the molecule is CCCC=CC(O)CC[C@H]1CC[C@H](O)[C@@H]1CCCCSCC(=O)O. The molecule has 3 N–H and O–H groups in total. The predicted molar refractivity (Wildman–Crippen MR) is 100 cm³/mol. The van der Waals surface area contributed by atoms with Crippen LogP contribution in [0.4, 0.5) is 0 Å². The minimum Gasteiger partial charge on any atom is -0.481 e. The highest BCUT2D eigenvalue weighted by atomic mass is 32.2. The molecule has 1 fully saturated rings. The van der Waals surface area contributed by atoms with Gasteiger partial charge in [0.25, 0.3) is 0 Å². The monoisotopic (exact) mass is 358 g/mol. The number of allylic oxidation sites excluding steroid dienone is 1. The van der Waals surface area contributed by atoms with Crippen molar-refractivity contribution in [2.75, 3.05) is 11.5 Å². The van der Waals surface area contributed by atoms with Gasteiger partial charge in [-0.25, -0.2) is 0 Å². The Hall–Kier alpha value is -0.520. The van der Waals surface area contributed by atoms with E-state index in [9.17, 15) is 15.0 Å². The molecule has 1 aliphatic rings. The molecule has 1 aliphatic carbocycles. The molecule has 0 aromatic rings. The Balaban J connectivity index is 2.22. The van der Waals surface area contributed by atoms with Crippen LogP contribution >= 0.6 is 11.8 Å². The molecule has 0 aromatic heterocycles. The third-order valence-corrected chi connectivity index (χ3v) is 5.91. The quantitative estimate of drug-likeness (QED) is 0.344. The number of carbonyl (C=O) groups is 1. The molecule has 1 saturated carbocycles. The molecule has 0 aromatic carbocycles. The molecule has 24 heavy (non-hydrogen) atoms. The Morgan fingerprint density at radius 3 is 2.79 bits per heavy atom. The zero-order valence-corrected chi connectivity index (χ0v) is 15.7. The van der Waals surface area contributed by atoms with E-state index in [4.69, 9.17) is 5.11 Å². The largest absolute Gasteiger partial charge is 0.481 e. The van der Waals surface area contributed by atoms with Crippen LogP contribution in [0.1, 0.15) is 64.7 Å². The summed E-state index contributed by atoms with van der Waals surface area (Å²) in [6, 6.07) is 0. The van der Waals surface area contributed by atoms with Crippen molar-refractivity contribution in [3.63, 3.8) is 0 Å². The van der Waals surface area contributed by atoms with Gasteiger partial charge in [-0.1, -0.05) is 31.9 Å². The lowest BCUT2D eigenvalue weighted by Gasteiger charge is -2.22. The van der Waals surface area contributed by atoms with Crippen molar-refractivity contribution in [2.24, 2.45) is 11.8 Å². The number of carboxylic acids is 1. The highest BCUT2D eigenvalue weighted by Gasteiger charge is 2.34. The van der Waals surface area contributed by atoms with Crippen LogP contribution in [0.3, 0.4) is 0 Å². The molecule has 0 amide bonds. The van der Waals surface area contributed by atoms with E-state index in [1.54, 1.807) is 0 Å². The van der Waals surface area contributed by atoms with Crippen molar-refractivity contribution in [1.82, 2.24) is 0 Å². The maximum atomic E-state index is 10.5. The zero-order valence-electron chi connectivity index (χ0n) is 14.9. The van der Waals surface area contributed by atoms with E-state index in [0.29, 0.717) is 11.8 Å². The summed E-state index contributed by atoms with van der Waals surface area (Å²) < 4.78 is 0. The fourth-order valence-corrected chi connectivity index (χ4v) is 4.29. The van der Waals surface area contributed by atoms with Crippen molar-refractivity contribution in [2.45, 2.75) is 76.9 Å². The van der Waals surface area contributed by atoms with E-state index < -0.39 is 5.97 Å². The van der Waals surface area contributed by atoms with Crippen LogP contribution in [-0.4, -0.2) is 45.0 Å². The van der Waals surface area contributed by atoms with Crippen molar-refractivity contribution in [3.05, 3.63) is 12.2 Å². The first-order chi connectivity index (χ1) is 11.5. The molecule has 1 rings (SSSR count). The maximum absolute atomic E-state index is 10.5. The molecule has 0 bridgehead atoms. The molecular weight excluding hydrogens is 324 g/mol. The second kappa shape index (κ2) is 12.8. The van der Waals surface area contributed by atoms with Crippen LogP contribution in [0.2, 0.25) is 0 Å². The van der Waals surface area contributed by atoms with Crippen LogP contribution < -0.4 is 0 Å². The van der Waals surface area contributed by atoms with Crippen LogP contribution in [0.15, 0.2) is 12.2 Å². The van der Waals surface area contributed by atoms with E-state index in [0.717, 1.165) is 63.5 Å². The predicted octanol–water partition coefficient (Wildman–Crippen LogP) is 3.86. The van der Waals surface area contributed by atoms with Gasteiger partial charge in [0.05, 0.1) is 18.0 Å². The Morgan fingerprint density at radius 2 is 2.08 bits per heavy atom. The normalized spacial score (nSPS) is 25.4. The fourth-order valence-electron chi connectivity index (χ4n) is 3.56. The van der Waals surface area contributed by atoms with Gasteiger partial charge in [0.1, 0.15) is 0 Å². The Bertz CT molecular complexity index is 372. The van der Waals surface area contributed by atoms with E-state index in [1.807, 2.05) is 6.08 Å². The number of aliphatic carboxylic acids is 1. The van der Waals surface area contributed by atoms with E-state index in [2.05, 4.69) is 13.0 Å². The molecule has 4 atom stereocenters. The number of aliphatic hydroxyl groups excluding tert-OH is 2. The minimum atomic E-state index is -0.752. The van der Waals surface area contributed by atoms with E-state index >= 15 is 0 Å². The number of hydrogen-bond donors (Lipinski definition) is 3. The second-order valence-electron chi connectivity index (χ2n) is 6.87. The number of thioether (sulfide) groups is 1. The molecule has 0 radical (unpaired) electrons. The standard InChI is InChI=1S/C19H34O4S/c1-2-3-4-7-16(20)11-9-15-10-12-18(21)17(15)8-5-6-13-24-14-19(22)23/h4,7,15-18,20-21H,2-3,5-6,8-14H2,1H3,(H,22,23)/t15-,16?,17+,18-/m0/s1. The summed E-state index contributed by atoms with van der Waals surface area (Å²) in [4.78, 5) is 10.5.